The van der Waals surface area contributed by atoms with Crippen molar-refractivity contribution in [2.45, 2.75) is 41.7 Å². The van der Waals surface area contributed by atoms with Gasteiger partial charge in [0.15, 0.2) is 15.8 Å². The van der Waals surface area contributed by atoms with Gasteiger partial charge in [0.05, 0.1) is 9.92 Å². The van der Waals surface area contributed by atoms with E-state index >= 15 is 0 Å². The molecule has 1 fully saturated rings. The van der Waals surface area contributed by atoms with Gasteiger partial charge in [-0.15, -0.1) is 0 Å². The van der Waals surface area contributed by atoms with Gasteiger partial charge >= 0.3 is 5.04 Å². The Morgan fingerprint density at radius 3 is 2.36 bits per heavy atom. The van der Waals surface area contributed by atoms with E-state index < -0.39 is 30.7 Å². The Bertz CT molecular complexity index is 751. The van der Waals surface area contributed by atoms with Crippen LogP contribution < -0.4 is 0 Å². The molecule has 1 aliphatic carbocycles. The van der Waals surface area contributed by atoms with Crippen LogP contribution in [0.5, 0.6) is 0 Å². The monoisotopic (exact) mass is 362 g/mol. The zero-order chi connectivity index (χ0) is 16.4. The minimum Gasteiger partial charge on any atom is -0.360 e. The molecule has 0 aliphatic heterocycles. The van der Waals surface area contributed by atoms with E-state index in [9.17, 15) is 22.7 Å². The van der Waals surface area contributed by atoms with Crippen molar-refractivity contribution in [3.05, 3.63) is 34.8 Å². The second-order valence-electron chi connectivity index (χ2n) is 5.14. The first kappa shape index (κ1) is 17.3. The molecule has 1 N–H and O–H groups in total. The van der Waals surface area contributed by atoms with Crippen molar-refractivity contribution in [1.29, 1.82) is 0 Å². The second-order valence-corrected chi connectivity index (χ2v) is 8.66. The Balaban J connectivity index is 2.63. The summed E-state index contributed by atoms with van der Waals surface area (Å²) in [5.74, 6) is 0. The summed E-state index contributed by atoms with van der Waals surface area (Å²) >= 11 is 3.44. The molecule has 0 saturated heterocycles. The Morgan fingerprint density at radius 1 is 1.27 bits per heavy atom. The number of sulfone groups is 1. The molecule has 9 heteroatoms. The van der Waals surface area contributed by atoms with E-state index in [0.717, 1.165) is 6.42 Å². The van der Waals surface area contributed by atoms with E-state index in [1.165, 1.54) is 18.2 Å². The van der Waals surface area contributed by atoms with Gasteiger partial charge in [0, 0.05) is 0 Å². The number of hydrogen-bond donors (Lipinski definition) is 1. The van der Waals surface area contributed by atoms with E-state index in [0.29, 0.717) is 12.8 Å². The first-order chi connectivity index (χ1) is 10.4. The van der Waals surface area contributed by atoms with Gasteiger partial charge in [-0.05, 0) is 25.0 Å². The van der Waals surface area contributed by atoms with Gasteiger partial charge < -0.3 is 10.1 Å². The lowest BCUT2D eigenvalue weighted by atomic mass is 9.89. The number of nitrogens with zero attached hydrogens (tertiary/aromatic N) is 2. The molecule has 0 radical (unpaired) electrons. The van der Waals surface area contributed by atoms with Crippen molar-refractivity contribution in [2.75, 3.05) is 0 Å². The van der Waals surface area contributed by atoms with Crippen LogP contribution in [0.2, 0.25) is 5.02 Å². The number of benzene rings is 1. The lowest BCUT2D eigenvalue weighted by Crippen LogP contribution is -2.48. The molecular weight excluding hydrogens is 348 g/mol. The summed E-state index contributed by atoms with van der Waals surface area (Å²) in [6, 6.07) is 5.72. The van der Waals surface area contributed by atoms with Gasteiger partial charge in [-0.3, -0.25) is 0 Å². The van der Waals surface area contributed by atoms with Crippen LogP contribution in [-0.4, -0.2) is 31.8 Å². The average molecular weight is 363 g/mol. The van der Waals surface area contributed by atoms with Gasteiger partial charge in [0.25, 0.3) is 9.84 Å². The van der Waals surface area contributed by atoms with Gasteiger partial charge in [-0.25, -0.2) is 12.6 Å². The minimum atomic E-state index is -4.27. The maximum Gasteiger partial charge on any atom is 0.406 e. The van der Waals surface area contributed by atoms with Crippen LogP contribution >= 0.6 is 11.6 Å². The molecule has 120 valence electrons. The molecule has 0 aromatic heterocycles. The average Bonchev–Trinajstić information content (AvgIpc) is 2.48. The van der Waals surface area contributed by atoms with Crippen LogP contribution in [0, 0.1) is 0 Å². The third kappa shape index (κ3) is 2.89. The van der Waals surface area contributed by atoms with Crippen molar-refractivity contribution < 1.29 is 22.0 Å². The zero-order valence-electron chi connectivity index (χ0n) is 11.6. The topological polar surface area (TPSA) is 108 Å². The van der Waals surface area contributed by atoms with Crippen molar-refractivity contribution in [3.8, 4) is 0 Å². The fourth-order valence-electron chi connectivity index (χ4n) is 2.74. The molecule has 2 rings (SSSR count). The highest BCUT2D eigenvalue weighted by molar-refractivity contribution is 8.08. The molecule has 6 nitrogen and oxygen atoms in total. The maximum absolute atomic E-state index is 12.8. The number of rotatable bonds is 3. The van der Waals surface area contributed by atoms with E-state index in [-0.39, 0.29) is 22.8 Å². The smallest absolute Gasteiger partial charge is 0.360 e. The van der Waals surface area contributed by atoms with Crippen LogP contribution in [0.4, 0.5) is 0 Å². The molecule has 22 heavy (non-hydrogen) atoms. The van der Waals surface area contributed by atoms with Gasteiger partial charge in [-0.2, -0.15) is 4.79 Å². The highest BCUT2D eigenvalue weighted by Crippen LogP contribution is 2.37. The SMILES string of the molecule is [N-]=[N+]=C(C1(S(=O)O)CCCCC1)S(=O)(=O)c1ccccc1Cl. The fourth-order valence-corrected chi connectivity index (χ4v) is 6.15. The van der Waals surface area contributed by atoms with Crippen LogP contribution in [-0.2, 0) is 20.9 Å². The Labute approximate surface area is 136 Å². The Kier molecular flexibility index (Phi) is 5.19. The number of hydrogen-bond acceptors (Lipinski definition) is 3. The van der Waals surface area contributed by atoms with Gasteiger partial charge in [0.1, 0.15) is 0 Å². The lowest BCUT2D eigenvalue weighted by Gasteiger charge is -2.29. The first-order valence-electron chi connectivity index (χ1n) is 6.69. The Hall–Kier alpha value is -1.05. The zero-order valence-corrected chi connectivity index (χ0v) is 14.0. The minimum absolute atomic E-state index is 0.0293. The van der Waals surface area contributed by atoms with E-state index in [4.69, 9.17) is 11.6 Å². The standard InChI is InChI=1S/C13H15ClN2O4S2/c14-10-6-2-3-7-11(10)22(19,20)12(16-15)13(21(17)18)8-4-1-5-9-13/h2-3,6-7H,1,4-5,8-9H2,(H,17,18). The summed E-state index contributed by atoms with van der Waals surface area (Å²) in [5, 5.41) is -0.716. The fraction of sp³-hybridized carbons (Fsp3) is 0.462. The molecule has 1 aliphatic rings. The van der Waals surface area contributed by atoms with Crippen LogP contribution in [0.25, 0.3) is 5.53 Å². The lowest BCUT2D eigenvalue weighted by molar-refractivity contribution is -0.00757. The summed E-state index contributed by atoms with van der Waals surface area (Å²) in [7, 11) is -4.27. The predicted octanol–water partition coefficient (Wildman–Crippen LogP) is 2.67. The quantitative estimate of drug-likeness (QED) is 0.293. The van der Waals surface area contributed by atoms with Crippen molar-refractivity contribution in [3.63, 3.8) is 0 Å². The van der Waals surface area contributed by atoms with E-state index in [1.54, 1.807) is 6.07 Å². The summed E-state index contributed by atoms with van der Waals surface area (Å²) in [6.07, 6.45) is 2.34. The maximum atomic E-state index is 12.8. The molecule has 1 saturated carbocycles. The van der Waals surface area contributed by atoms with Crippen molar-refractivity contribution >= 4 is 37.6 Å². The molecule has 1 aromatic rings. The largest absolute Gasteiger partial charge is 0.406 e. The third-order valence-electron chi connectivity index (χ3n) is 3.86. The highest BCUT2D eigenvalue weighted by atomic mass is 35.5. The van der Waals surface area contributed by atoms with Crippen LogP contribution in [0.15, 0.2) is 29.2 Å². The molecule has 1 atom stereocenters. The number of halogens is 1. The molecule has 1 unspecified atom stereocenters. The van der Waals surface area contributed by atoms with Crippen molar-refractivity contribution in [2.24, 2.45) is 0 Å². The summed E-state index contributed by atoms with van der Waals surface area (Å²) < 4.78 is 45.5. The normalized spacial score (nSPS) is 19.2. The summed E-state index contributed by atoms with van der Waals surface area (Å²) in [4.78, 5) is 2.68. The van der Waals surface area contributed by atoms with Crippen LogP contribution in [0.1, 0.15) is 32.1 Å². The molecule has 0 spiro atoms. The van der Waals surface area contributed by atoms with E-state index in [1.807, 2.05) is 0 Å². The molecule has 0 bridgehead atoms. The van der Waals surface area contributed by atoms with Crippen molar-refractivity contribution in [1.82, 2.24) is 0 Å². The van der Waals surface area contributed by atoms with Crippen LogP contribution in [0.3, 0.4) is 0 Å². The first-order valence-corrected chi connectivity index (χ1v) is 9.66. The molecule has 0 amide bonds. The second kappa shape index (κ2) is 6.60. The third-order valence-corrected chi connectivity index (χ3v) is 7.61. The van der Waals surface area contributed by atoms with E-state index in [2.05, 4.69) is 4.79 Å². The summed E-state index contributed by atoms with van der Waals surface area (Å²) in [5.41, 5.74) is 9.30. The Morgan fingerprint density at radius 2 is 1.86 bits per heavy atom. The molecule has 0 heterocycles. The predicted molar refractivity (Wildman–Crippen MR) is 83.9 cm³/mol. The van der Waals surface area contributed by atoms with Gasteiger partial charge in [-0.1, -0.05) is 43.0 Å². The molecular formula is C13H15ClN2O4S2. The molecule has 1 aromatic carbocycles. The highest BCUT2D eigenvalue weighted by Gasteiger charge is 2.56. The summed E-state index contributed by atoms with van der Waals surface area (Å²) in [6.45, 7) is 0. The van der Waals surface area contributed by atoms with Gasteiger partial charge in [0.2, 0.25) is 0 Å².